The Labute approximate surface area is 170 Å². The minimum Gasteiger partial charge on any atom is -0.504 e. The molecule has 0 unspecified atom stereocenters. The summed E-state index contributed by atoms with van der Waals surface area (Å²) in [6, 6.07) is 4.83. The van der Waals surface area contributed by atoms with Gasteiger partial charge in [-0.25, -0.2) is 4.98 Å². The van der Waals surface area contributed by atoms with Crippen LogP contribution in [-0.2, 0) is 4.79 Å². The number of ketones is 1. The zero-order valence-corrected chi connectivity index (χ0v) is 17.4. The van der Waals surface area contributed by atoms with Gasteiger partial charge in [-0.2, -0.15) is 4.99 Å². The number of amidine groups is 1. The zero-order valence-electron chi connectivity index (χ0n) is 15.8. The maximum atomic E-state index is 12.3. The van der Waals surface area contributed by atoms with Crippen LogP contribution in [-0.4, -0.2) is 34.1 Å². The first kappa shape index (κ1) is 20.1. The van der Waals surface area contributed by atoms with Crippen LogP contribution >= 0.6 is 23.1 Å². The molecule has 2 aromatic rings. The van der Waals surface area contributed by atoms with Gasteiger partial charge < -0.3 is 15.2 Å². The number of hydrogen-bond acceptors (Lipinski definition) is 8. The number of aromatic nitrogens is 1. The summed E-state index contributed by atoms with van der Waals surface area (Å²) in [6.45, 7) is 5.45. The fourth-order valence-corrected chi connectivity index (χ4v) is 4.39. The lowest BCUT2D eigenvalue weighted by molar-refractivity contribution is -0.115. The van der Waals surface area contributed by atoms with Gasteiger partial charge in [0.05, 0.1) is 22.6 Å². The average molecular weight is 418 g/mol. The van der Waals surface area contributed by atoms with E-state index in [1.165, 1.54) is 43.2 Å². The number of phenolic OH excluding ortho intramolecular Hbond substituents is 1. The molecule has 0 bridgehead atoms. The second kappa shape index (κ2) is 8.15. The van der Waals surface area contributed by atoms with Crippen molar-refractivity contribution >= 4 is 51.2 Å². The van der Waals surface area contributed by atoms with E-state index in [2.05, 4.69) is 15.3 Å². The van der Waals surface area contributed by atoms with Crippen LogP contribution in [0, 0.1) is 0 Å². The van der Waals surface area contributed by atoms with Gasteiger partial charge in [0.1, 0.15) is 0 Å². The Morgan fingerprint density at radius 1 is 1.39 bits per heavy atom. The fraction of sp³-hybridized carbons (Fsp3) is 0.263. The van der Waals surface area contributed by atoms with Gasteiger partial charge in [0.2, 0.25) is 5.13 Å². The molecule has 0 saturated carbocycles. The molecule has 1 aliphatic rings. The maximum Gasteiger partial charge on any atom is 0.264 e. The number of aliphatic imine (C=N–C) groups is 1. The van der Waals surface area contributed by atoms with E-state index in [9.17, 15) is 14.7 Å². The number of nitrogens with one attached hydrogen (secondary N) is 1. The maximum absolute atomic E-state index is 12.3. The molecule has 9 heteroatoms. The molecule has 1 aromatic carbocycles. The van der Waals surface area contributed by atoms with E-state index < -0.39 is 0 Å². The molecule has 146 valence electrons. The van der Waals surface area contributed by atoms with Gasteiger partial charge >= 0.3 is 0 Å². The predicted molar refractivity (Wildman–Crippen MR) is 112 cm³/mol. The fourth-order valence-electron chi connectivity index (χ4n) is 2.51. The molecule has 7 nitrogen and oxygen atoms in total. The van der Waals surface area contributed by atoms with E-state index in [1.807, 2.05) is 13.8 Å². The van der Waals surface area contributed by atoms with Gasteiger partial charge in [-0.3, -0.25) is 9.59 Å². The second-order valence-corrected chi connectivity index (χ2v) is 8.34. The molecule has 2 heterocycles. The van der Waals surface area contributed by atoms with Crippen molar-refractivity contribution in [2.75, 3.05) is 7.11 Å². The van der Waals surface area contributed by atoms with Crippen molar-refractivity contribution in [2.45, 2.75) is 26.7 Å². The summed E-state index contributed by atoms with van der Waals surface area (Å²) < 4.78 is 5.08. The van der Waals surface area contributed by atoms with Crippen molar-refractivity contribution in [1.82, 2.24) is 10.3 Å². The summed E-state index contributed by atoms with van der Waals surface area (Å²) in [6.07, 6.45) is 1.69. The zero-order chi connectivity index (χ0) is 20.4. The van der Waals surface area contributed by atoms with E-state index in [1.54, 1.807) is 18.2 Å². The summed E-state index contributed by atoms with van der Waals surface area (Å²) in [5.41, 5.74) is 1.43. The Balaban J connectivity index is 1.86. The third-order valence-electron chi connectivity index (χ3n) is 3.86. The summed E-state index contributed by atoms with van der Waals surface area (Å²) in [4.78, 5) is 34.0. The largest absolute Gasteiger partial charge is 0.504 e. The molecular weight excluding hydrogens is 398 g/mol. The molecule has 0 spiro atoms. The molecule has 1 fully saturated rings. The lowest BCUT2D eigenvalue weighted by atomic mass is 10.1. The number of Topliss-reactive ketones (excluding diaryl/α,β-unsaturated/α-hetero) is 1. The van der Waals surface area contributed by atoms with Crippen LogP contribution in [0.1, 0.15) is 47.6 Å². The third kappa shape index (κ3) is 4.26. The molecular formula is C19H19N3O4S2. The second-order valence-electron chi connectivity index (χ2n) is 6.33. The van der Waals surface area contributed by atoms with E-state index in [0.717, 1.165) is 5.69 Å². The predicted octanol–water partition coefficient (Wildman–Crippen LogP) is 4.07. The minimum atomic E-state index is -0.275. The number of benzene rings is 1. The van der Waals surface area contributed by atoms with Gasteiger partial charge in [-0.15, -0.1) is 0 Å². The van der Waals surface area contributed by atoms with E-state index in [4.69, 9.17) is 4.74 Å². The van der Waals surface area contributed by atoms with Crippen molar-refractivity contribution in [3.8, 4) is 11.5 Å². The minimum absolute atomic E-state index is 0.0291. The highest BCUT2D eigenvalue weighted by Crippen LogP contribution is 2.34. The summed E-state index contributed by atoms with van der Waals surface area (Å²) >= 11 is 2.41. The third-order valence-corrected chi connectivity index (χ3v) is 5.83. The van der Waals surface area contributed by atoms with Gasteiger partial charge in [0.15, 0.2) is 22.4 Å². The van der Waals surface area contributed by atoms with Crippen LogP contribution in [0.4, 0.5) is 5.13 Å². The van der Waals surface area contributed by atoms with Crippen LogP contribution in [0.15, 0.2) is 28.1 Å². The first-order valence-corrected chi connectivity index (χ1v) is 10.1. The molecule has 1 amide bonds. The number of aromatic hydroxyl groups is 1. The molecule has 0 aliphatic carbocycles. The number of hydrogen-bond donors (Lipinski definition) is 2. The van der Waals surface area contributed by atoms with Crippen molar-refractivity contribution in [3.05, 3.63) is 39.2 Å². The topological polar surface area (TPSA) is 101 Å². The number of phenols is 1. The van der Waals surface area contributed by atoms with Crippen molar-refractivity contribution in [1.29, 1.82) is 0 Å². The normalized spacial score (nSPS) is 16.8. The Kier molecular flexibility index (Phi) is 5.85. The highest BCUT2D eigenvalue weighted by Gasteiger charge is 2.25. The molecule has 1 saturated heterocycles. The van der Waals surface area contributed by atoms with E-state index >= 15 is 0 Å². The molecule has 1 aliphatic heterocycles. The van der Waals surface area contributed by atoms with Gasteiger partial charge in [-0.1, -0.05) is 31.3 Å². The van der Waals surface area contributed by atoms with Gasteiger partial charge in [-0.05, 0) is 41.5 Å². The number of rotatable bonds is 5. The number of nitrogens with zero attached hydrogens (tertiary/aromatic N) is 2. The molecule has 0 radical (unpaired) electrons. The summed E-state index contributed by atoms with van der Waals surface area (Å²) in [5.74, 6) is 0.143. The Morgan fingerprint density at radius 2 is 2.14 bits per heavy atom. The van der Waals surface area contributed by atoms with E-state index in [-0.39, 0.29) is 23.4 Å². The Hall–Kier alpha value is -2.65. The van der Waals surface area contributed by atoms with E-state index in [0.29, 0.717) is 31.4 Å². The van der Waals surface area contributed by atoms with Crippen LogP contribution in [0.25, 0.3) is 6.08 Å². The Morgan fingerprint density at radius 3 is 2.75 bits per heavy atom. The lowest BCUT2D eigenvalue weighted by Crippen LogP contribution is -2.19. The number of carbonyl (C=O) groups excluding carboxylic acids is 2. The van der Waals surface area contributed by atoms with Crippen LogP contribution in [0.2, 0.25) is 0 Å². The molecule has 1 aromatic heterocycles. The number of thiazole rings is 1. The number of thioether (sulfide) groups is 1. The monoisotopic (exact) mass is 417 g/mol. The van der Waals surface area contributed by atoms with Crippen LogP contribution in [0.3, 0.4) is 0 Å². The van der Waals surface area contributed by atoms with Crippen molar-refractivity contribution < 1.29 is 19.4 Å². The summed E-state index contributed by atoms with van der Waals surface area (Å²) in [7, 11) is 1.46. The average Bonchev–Trinajstić information content (AvgIpc) is 3.21. The molecule has 2 N–H and O–H groups in total. The quantitative estimate of drug-likeness (QED) is 0.562. The van der Waals surface area contributed by atoms with Gasteiger partial charge in [0, 0.05) is 6.92 Å². The first-order valence-electron chi connectivity index (χ1n) is 8.46. The molecule has 3 rings (SSSR count). The molecule has 0 atom stereocenters. The summed E-state index contributed by atoms with van der Waals surface area (Å²) in [5, 5.41) is 13.2. The SMILES string of the molecule is COc1cc(/C=C2\S/C(=N/c3nc(C(C)C)c(C(C)=O)s3)NC2=O)ccc1O. The Bertz CT molecular complexity index is 1010. The van der Waals surface area contributed by atoms with Crippen LogP contribution < -0.4 is 10.1 Å². The first-order chi connectivity index (χ1) is 13.3. The van der Waals surface area contributed by atoms with Gasteiger partial charge in [0.25, 0.3) is 5.91 Å². The number of methoxy groups -OCH3 is 1. The van der Waals surface area contributed by atoms with Crippen molar-refractivity contribution in [3.63, 3.8) is 0 Å². The molecule has 28 heavy (non-hydrogen) atoms. The van der Waals surface area contributed by atoms with Crippen LogP contribution in [0.5, 0.6) is 11.5 Å². The number of carbonyl (C=O) groups is 2. The highest BCUT2D eigenvalue weighted by atomic mass is 32.2. The lowest BCUT2D eigenvalue weighted by Gasteiger charge is -2.03. The number of amides is 1. The standard InChI is InChI=1S/C19H19N3O4S2/c1-9(2)15-16(10(3)23)28-18(20-15)22-19-21-17(25)14(27-19)8-11-5-6-12(24)13(7-11)26-4/h5-9,24H,1-4H3,(H,20,21,22,25)/b14-8-. The smallest absolute Gasteiger partial charge is 0.264 e. The number of ether oxygens (including phenoxy) is 1. The highest BCUT2D eigenvalue weighted by molar-refractivity contribution is 8.18. The van der Waals surface area contributed by atoms with Crippen molar-refractivity contribution in [2.24, 2.45) is 4.99 Å².